The predicted octanol–water partition coefficient (Wildman–Crippen LogP) is 2.24. The molecule has 1 aliphatic carbocycles. The van der Waals surface area contributed by atoms with Gasteiger partial charge in [0.2, 0.25) is 0 Å². The number of aliphatic hydroxyl groups excluding tert-OH is 1. The van der Waals surface area contributed by atoms with Gasteiger partial charge in [0, 0.05) is 5.92 Å². The maximum atomic E-state index is 12.2. The van der Waals surface area contributed by atoms with Gasteiger partial charge in [-0.2, -0.15) is 0 Å². The van der Waals surface area contributed by atoms with E-state index in [0.29, 0.717) is 5.56 Å². The molecule has 1 saturated carbocycles. The summed E-state index contributed by atoms with van der Waals surface area (Å²) in [5, 5.41) is 10.4. The zero-order valence-electron chi connectivity index (χ0n) is 15.0. The summed E-state index contributed by atoms with van der Waals surface area (Å²) in [6, 6.07) is 7.63. The lowest BCUT2D eigenvalue weighted by molar-refractivity contribution is -0.169. The van der Waals surface area contributed by atoms with Crippen molar-refractivity contribution in [3.63, 3.8) is 0 Å². The molecular formula is C19H25NO5. The molecule has 6 nitrogen and oxygen atoms in total. The summed E-state index contributed by atoms with van der Waals surface area (Å²) < 4.78 is 5.22. The Bertz CT molecular complexity index is 650. The van der Waals surface area contributed by atoms with Crippen molar-refractivity contribution < 1.29 is 24.3 Å². The Hall–Kier alpha value is -2.18. The number of ether oxygens (including phenoxy) is 1. The van der Waals surface area contributed by atoms with Crippen molar-refractivity contribution in [3.8, 4) is 0 Å². The first kappa shape index (κ1) is 19.1. The summed E-state index contributed by atoms with van der Waals surface area (Å²) in [5.41, 5.74) is 3.07. The van der Waals surface area contributed by atoms with Crippen LogP contribution in [0.2, 0.25) is 0 Å². The monoisotopic (exact) mass is 347 g/mol. The molecule has 1 fully saturated rings. The van der Waals surface area contributed by atoms with E-state index in [0.717, 1.165) is 5.57 Å². The smallest absolute Gasteiger partial charge is 0.356 e. The minimum Gasteiger partial charge on any atom is -0.458 e. The molecule has 0 radical (unpaired) electrons. The van der Waals surface area contributed by atoms with Crippen molar-refractivity contribution in [2.45, 2.75) is 45.4 Å². The fraction of sp³-hybridized carbons (Fsp3) is 0.474. The first-order valence-electron chi connectivity index (χ1n) is 8.23. The molecule has 1 aromatic rings. The highest BCUT2D eigenvalue weighted by atomic mass is 16.7. The third kappa shape index (κ3) is 4.90. The summed E-state index contributed by atoms with van der Waals surface area (Å²) in [7, 11) is 0. The van der Waals surface area contributed by atoms with Crippen LogP contribution in [0.4, 0.5) is 0 Å². The van der Waals surface area contributed by atoms with Crippen molar-refractivity contribution in [1.29, 1.82) is 0 Å². The van der Waals surface area contributed by atoms with Crippen LogP contribution in [-0.4, -0.2) is 34.8 Å². The topological polar surface area (TPSA) is 84.9 Å². The number of carbonyl (C=O) groups is 2. The second-order valence-electron chi connectivity index (χ2n) is 7.27. The minimum atomic E-state index is -1.48. The van der Waals surface area contributed by atoms with E-state index in [-0.39, 0.29) is 11.8 Å². The molecule has 136 valence electrons. The van der Waals surface area contributed by atoms with Crippen LogP contribution in [0.15, 0.2) is 42.5 Å². The van der Waals surface area contributed by atoms with Gasteiger partial charge in [0.25, 0.3) is 0 Å². The molecule has 1 aromatic carbocycles. The zero-order chi connectivity index (χ0) is 18.8. The van der Waals surface area contributed by atoms with E-state index < -0.39 is 29.7 Å². The van der Waals surface area contributed by atoms with E-state index in [1.165, 1.54) is 0 Å². The van der Waals surface area contributed by atoms with E-state index >= 15 is 0 Å². The van der Waals surface area contributed by atoms with Gasteiger partial charge in [-0.3, -0.25) is 0 Å². The number of hydrogen-bond acceptors (Lipinski definition) is 6. The number of carbonyl (C=O) groups excluding carboxylic acids is 2. The first-order chi connectivity index (χ1) is 11.6. The standard InChI is InChI=1S/C19H25NO5/c1-11-12(2)14(11)15(16(21)18(23)24-19(3,4)5)20-25-17(22)13-9-7-6-8-10-13/h6-10,12,14-16,20-21H,1H2,2-5H3/t12-,14-,15-,16+/m0/s1. The van der Waals surface area contributed by atoms with Crippen LogP contribution < -0.4 is 5.48 Å². The minimum absolute atomic E-state index is 0.116. The van der Waals surface area contributed by atoms with Gasteiger partial charge in [0.15, 0.2) is 6.10 Å². The van der Waals surface area contributed by atoms with Crippen LogP contribution in [0.3, 0.4) is 0 Å². The number of hydroxylamine groups is 1. The average Bonchev–Trinajstić information content (AvgIpc) is 3.13. The molecule has 0 heterocycles. The van der Waals surface area contributed by atoms with Crippen LogP contribution >= 0.6 is 0 Å². The summed E-state index contributed by atoms with van der Waals surface area (Å²) in [6.07, 6.45) is -1.48. The predicted molar refractivity (Wildman–Crippen MR) is 92.4 cm³/mol. The Morgan fingerprint density at radius 3 is 2.28 bits per heavy atom. The number of nitrogens with one attached hydrogen (secondary N) is 1. The van der Waals surface area contributed by atoms with E-state index in [4.69, 9.17) is 9.57 Å². The summed E-state index contributed by atoms with van der Waals surface area (Å²) in [5.74, 6) is -1.43. The van der Waals surface area contributed by atoms with Crippen LogP contribution in [-0.2, 0) is 14.4 Å². The second-order valence-corrected chi connectivity index (χ2v) is 7.27. The summed E-state index contributed by atoms with van der Waals surface area (Å²) >= 11 is 0. The van der Waals surface area contributed by atoms with E-state index in [1.807, 2.05) is 6.92 Å². The Balaban J connectivity index is 2.05. The Kier molecular flexibility index (Phi) is 5.65. The first-order valence-corrected chi connectivity index (χ1v) is 8.23. The highest BCUT2D eigenvalue weighted by Crippen LogP contribution is 2.47. The lowest BCUT2D eigenvalue weighted by atomic mass is 10.0. The molecule has 0 saturated heterocycles. The number of hydrogen-bond donors (Lipinski definition) is 2. The molecule has 0 amide bonds. The zero-order valence-corrected chi connectivity index (χ0v) is 15.0. The van der Waals surface area contributed by atoms with E-state index in [2.05, 4.69) is 12.1 Å². The maximum absolute atomic E-state index is 12.2. The molecule has 25 heavy (non-hydrogen) atoms. The molecule has 0 unspecified atom stereocenters. The van der Waals surface area contributed by atoms with Crippen molar-refractivity contribution in [2.75, 3.05) is 0 Å². The van der Waals surface area contributed by atoms with Gasteiger partial charge >= 0.3 is 11.9 Å². The second kappa shape index (κ2) is 7.37. The molecule has 0 bridgehead atoms. The van der Waals surface area contributed by atoms with Gasteiger partial charge in [0.1, 0.15) is 5.60 Å². The number of esters is 1. The molecule has 2 rings (SSSR count). The number of aliphatic hydroxyl groups is 1. The molecule has 1 aliphatic rings. The van der Waals surface area contributed by atoms with Crippen LogP contribution in [0, 0.1) is 11.8 Å². The third-order valence-electron chi connectivity index (χ3n) is 4.12. The van der Waals surface area contributed by atoms with Crippen molar-refractivity contribution in [1.82, 2.24) is 5.48 Å². The van der Waals surface area contributed by atoms with Crippen LogP contribution in [0.1, 0.15) is 38.1 Å². The molecule has 0 aromatic heterocycles. The Morgan fingerprint density at radius 1 is 1.24 bits per heavy atom. The van der Waals surface area contributed by atoms with Crippen molar-refractivity contribution >= 4 is 11.9 Å². The largest absolute Gasteiger partial charge is 0.458 e. The van der Waals surface area contributed by atoms with Gasteiger partial charge in [0.05, 0.1) is 11.6 Å². The quantitative estimate of drug-likeness (QED) is 0.466. The van der Waals surface area contributed by atoms with Gasteiger partial charge < -0.3 is 14.7 Å². The molecule has 2 N–H and O–H groups in total. The van der Waals surface area contributed by atoms with Gasteiger partial charge in [-0.25, -0.2) is 9.59 Å². The van der Waals surface area contributed by atoms with Gasteiger partial charge in [-0.05, 0) is 38.8 Å². The third-order valence-corrected chi connectivity index (χ3v) is 4.12. The van der Waals surface area contributed by atoms with Gasteiger partial charge in [-0.15, -0.1) is 5.48 Å². The lowest BCUT2D eigenvalue weighted by Gasteiger charge is -2.26. The summed E-state index contributed by atoms with van der Waals surface area (Å²) in [4.78, 5) is 29.3. The van der Waals surface area contributed by atoms with Gasteiger partial charge in [-0.1, -0.05) is 37.3 Å². The van der Waals surface area contributed by atoms with Crippen molar-refractivity contribution in [2.24, 2.45) is 11.8 Å². The molecule has 0 aliphatic heterocycles. The Morgan fingerprint density at radius 2 is 1.80 bits per heavy atom. The maximum Gasteiger partial charge on any atom is 0.356 e. The van der Waals surface area contributed by atoms with E-state index in [1.54, 1.807) is 51.1 Å². The van der Waals surface area contributed by atoms with Crippen LogP contribution in [0.5, 0.6) is 0 Å². The highest BCUT2D eigenvalue weighted by molar-refractivity contribution is 5.89. The molecule has 4 atom stereocenters. The highest BCUT2D eigenvalue weighted by Gasteiger charge is 2.50. The fourth-order valence-corrected chi connectivity index (χ4v) is 2.63. The fourth-order valence-electron chi connectivity index (χ4n) is 2.63. The lowest BCUT2D eigenvalue weighted by Crippen LogP contribution is -2.49. The average molecular weight is 347 g/mol. The number of benzene rings is 1. The normalized spacial score (nSPS) is 22.0. The SMILES string of the molecule is C=C1[C@H]([C@H](NOC(=O)c2ccccc2)[C@@H](O)C(=O)OC(C)(C)C)[C@H]1C. The van der Waals surface area contributed by atoms with E-state index in [9.17, 15) is 14.7 Å². The molecular weight excluding hydrogens is 322 g/mol. The Labute approximate surface area is 147 Å². The van der Waals surface area contributed by atoms with Crippen molar-refractivity contribution in [3.05, 3.63) is 48.0 Å². The molecule has 0 spiro atoms. The molecule has 6 heteroatoms. The van der Waals surface area contributed by atoms with Crippen LogP contribution in [0.25, 0.3) is 0 Å². The number of rotatable bonds is 6. The summed E-state index contributed by atoms with van der Waals surface area (Å²) in [6.45, 7) is 11.0.